The third kappa shape index (κ3) is 4.25. The van der Waals surface area contributed by atoms with Gasteiger partial charge in [0.2, 0.25) is 5.91 Å². The Morgan fingerprint density at radius 1 is 1.23 bits per heavy atom. The zero-order valence-electron chi connectivity index (χ0n) is 17.6. The highest BCUT2D eigenvalue weighted by molar-refractivity contribution is 6.31. The van der Waals surface area contributed by atoms with Crippen molar-refractivity contribution in [2.24, 2.45) is 0 Å². The van der Waals surface area contributed by atoms with Crippen molar-refractivity contribution >= 4 is 34.6 Å². The first-order chi connectivity index (χ1) is 14.3. The van der Waals surface area contributed by atoms with Gasteiger partial charge in [-0.3, -0.25) is 4.79 Å². The molecule has 2 aromatic rings. The number of piperidine rings is 1. The molecule has 1 saturated heterocycles. The molecule has 5 nitrogen and oxygen atoms in total. The van der Waals surface area contributed by atoms with Gasteiger partial charge in [-0.25, -0.2) is 4.39 Å². The van der Waals surface area contributed by atoms with Crippen LogP contribution in [0.3, 0.4) is 0 Å². The van der Waals surface area contributed by atoms with Crippen molar-refractivity contribution < 1.29 is 9.18 Å². The second-order valence-electron chi connectivity index (χ2n) is 8.49. The maximum Gasteiger partial charge on any atom is 0.247 e. The quantitative estimate of drug-likeness (QED) is 0.759. The maximum absolute atomic E-state index is 14.1. The Morgan fingerprint density at radius 2 is 1.97 bits per heavy atom. The lowest BCUT2D eigenvalue weighted by atomic mass is 10.0. The average Bonchev–Trinajstić information content (AvgIpc) is 3.17. The number of carbonyl (C=O) groups excluding carboxylic acids is 1. The van der Waals surface area contributed by atoms with Crippen molar-refractivity contribution in [1.82, 2.24) is 4.90 Å². The molecule has 0 saturated carbocycles. The van der Waals surface area contributed by atoms with Crippen LogP contribution in [0.25, 0.3) is 0 Å². The van der Waals surface area contributed by atoms with E-state index in [2.05, 4.69) is 34.5 Å². The van der Waals surface area contributed by atoms with Gasteiger partial charge in [-0.1, -0.05) is 17.7 Å². The van der Waals surface area contributed by atoms with E-state index in [1.165, 1.54) is 6.07 Å². The molecule has 2 N–H and O–H groups in total. The molecular formula is C23H28ClFN4O. The number of amides is 1. The Morgan fingerprint density at radius 3 is 2.63 bits per heavy atom. The van der Waals surface area contributed by atoms with Crippen molar-refractivity contribution in [3.8, 4) is 0 Å². The summed E-state index contributed by atoms with van der Waals surface area (Å²) in [4.78, 5) is 17.4. The number of benzene rings is 2. The van der Waals surface area contributed by atoms with Crippen molar-refractivity contribution in [2.75, 3.05) is 42.7 Å². The fourth-order valence-corrected chi connectivity index (χ4v) is 4.66. The van der Waals surface area contributed by atoms with Crippen LogP contribution in [0.15, 0.2) is 30.3 Å². The maximum atomic E-state index is 14.1. The van der Waals surface area contributed by atoms with Crippen LogP contribution in [-0.4, -0.2) is 50.1 Å². The molecule has 1 amide bonds. The van der Waals surface area contributed by atoms with Crippen molar-refractivity contribution in [3.63, 3.8) is 0 Å². The second-order valence-corrected chi connectivity index (χ2v) is 8.92. The summed E-state index contributed by atoms with van der Waals surface area (Å²) in [5.74, 6) is -0.464. The smallest absolute Gasteiger partial charge is 0.247 e. The molecule has 1 atom stereocenters. The minimum absolute atomic E-state index is 0.190. The highest BCUT2D eigenvalue weighted by atomic mass is 35.5. The van der Waals surface area contributed by atoms with Crippen LogP contribution in [-0.2, 0) is 11.2 Å². The van der Waals surface area contributed by atoms with Gasteiger partial charge in [0.15, 0.2) is 0 Å². The molecule has 160 valence electrons. The third-order valence-electron chi connectivity index (χ3n) is 6.22. The van der Waals surface area contributed by atoms with Gasteiger partial charge < -0.3 is 20.4 Å². The summed E-state index contributed by atoms with van der Waals surface area (Å²) in [6, 6.07) is 8.93. The van der Waals surface area contributed by atoms with Crippen LogP contribution >= 0.6 is 11.6 Å². The van der Waals surface area contributed by atoms with Crippen LogP contribution in [0.1, 0.15) is 24.0 Å². The number of carbonyl (C=O) groups is 1. The number of fused-ring (bicyclic) bond motifs is 1. The van der Waals surface area contributed by atoms with E-state index in [0.29, 0.717) is 28.7 Å². The van der Waals surface area contributed by atoms with Crippen LogP contribution in [0.2, 0.25) is 5.02 Å². The zero-order valence-corrected chi connectivity index (χ0v) is 18.4. The van der Waals surface area contributed by atoms with Crippen LogP contribution in [0, 0.1) is 12.7 Å². The van der Waals surface area contributed by atoms with Crippen LogP contribution in [0.4, 0.5) is 21.5 Å². The summed E-state index contributed by atoms with van der Waals surface area (Å²) < 4.78 is 14.1. The van der Waals surface area contributed by atoms with Gasteiger partial charge in [0, 0.05) is 53.2 Å². The van der Waals surface area contributed by atoms with E-state index in [1.54, 1.807) is 12.1 Å². The average molecular weight is 431 g/mol. The number of aryl methyl sites for hydroxylation is 1. The van der Waals surface area contributed by atoms with E-state index in [-0.39, 0.29) is 11.7 Å². The highest BCUT2D eigenvalue weighted by Crippen LogP contribution is 2.33. The number of anilines is 3. The predicted octanol–water partition coefficient (Wildman–Crippen LogP) is 4.29. The Kier molecular flexibility index (Phi) is 5.89. The summed E-state index contributed by atoms with van der Waals surface area (Å²) in [5, 5.41) is 6.72. The van der Waals surface area contributed by atoms with Crippen molar-refractivity contribution in [2.45, 2.75) is 38.3 Å². The molecule has 0 aliphatic carbocycles. The molecule has 2 aliphatic heterocycles. The third-order valence-corrected chi connectivity index (χ3v) is 6.44. The molecule has 2 aliphatic rings. The zero-order chi connectivity index (χ0) is 21.4. The largest absolute Gasteiger partial charge is 0.373 e. The number of halogens is 2. The van der Waals surface area contributed by atoms with Gasteiger partial charge in [-0.2, -0.15) is 0 Å². The number of nitrogens with zero attached hydrogens (tertiary/aromatic N) is 2. The van der Waals surface area contributed by atoms with Crippen LogP contribution in [0.5, 0.6) is 0 Å². The SMILES string of the molecule is Cc1ccc(F)c2c1NC(C(=O)Nc1cc(Cl)cc(N3CCC(N(C)C)CC3)c1)C2. The summed E-state index contributed by atoms with van der Waals surface area (Å²) in [6.45, 7) is 3.82. The fourth-order valence-electron chi connectivity index (χ4n) is 4.43. The molecule has 0 spiro atoms. The van der Waals surface area contributed by atoms with Crippen molar-refractivity contribution in [1.29, 1.82) is 0 Å². The lowest BCUT2D eigenvalue weighted by Crippen LogP contribution is -2.42. The predicted molar refractivity (Wildman–Crippen MR) is 121 cm³/mol. The van der Waals surface area contributed by atoms with E-state index in [0.717, 1.165) is 42.9 Å². The minimum atomic E-state index is -0.506. The van der Waals surface area contributed by atoms with Gasteiger partial charge >= 0.3 is 0 Å². The summed E-state index contributed by atoms with van der Waals surface area (Å²) >= 11 is 6.35. The van der Waals surface area contributed by atoms with Crippen molar-refractivity contribution in [3.05, 3.63) is 52.3 Å². The molecule has 1 fully saturated rings. The second kappa shape index (κ2) is 8.44. The minimum Gasteiger partial charge on any atom is -0.373 e. The molecule has 0 aromatic heterocycles. The van der Waals surface area contributed by atoms with Crippen LogP contribution < -0.4 is 15.5 Å². The normalized spacial score (nSPS) is 19.0. The summed E-state index contributed by atoms with van der Waals surface area (Å²) in [5.41, 5.74) is 3.91. The molecule has 0 bridgehead atoms. The van der Waals surface area contributed by atoms with Gasteiger partial charge in [0.25, 0.3) is 0 Å². The van der Waals surface area contributed by atoms with E-state index in [9.17, 15) is 9.18 Å². The summed E-state index contributed by atoms with van der Waals surface area (Å²) in [7, 11) is 4.24. The Labute approximate surface area is 182 Å². The number of hydrogen-bond acceptors (Lipinski definition) is 4. The van der Waals surface area contributed by atoms with Gasteiger partial charge in [0.1, 0.15) is 11.9 Å². The molecule has 4 rings (SSSR count). The molecule has 7 heteroatoms. The van der Waals surface area contributed by atoms with Gasteiger partial charge in [-0.05, 0) is 63.7 Å². The van der Waals surface area contributed by atoms with E-state index >= 15 is 0 Å². The molecular weight excluding hydrogens is 403 g/mol. The Balaban J connectivity index is 1.45. The first-order valence-corrected chi connectivity index (χ1v) is 10.8. The first-order valence-electron chi connectivity index (χ1n) is 10.4. The lowest BCUT2D eigenvalue weighted by Gasteiger charge is -2.36. The van der Waals surface area contributed by atoms with Gasteiger partial charge in [-0.15, -0.1) is 0 Å². The molecule has 1 unspecified atom stereocenters. The first kappa shape index (κ1) is 20.9. The lowest BCUT2D eigenvalue weighted by molar-refractivity contribution is -0.116. The Bertz CT molecular complexity index is 925. The summed E-state index contributed by atoms with van der Waals surface area (Å²) in [6.07, 6.45) is 2.52. The van der Waals surface area contributed by atoms with E-state index in [1.807, 2.05) is 19.1 Å². The molecule has 2 aromatic carbocycles. The monoisotopic (exact) mass is 430 g/mol. The standard InChI is InChI=1S/C23H28ClFN4O/c1-14-4-5-20(25)19-13-21(27-22(14)19)23(30)26-16-10-15(24)11-18(12-16)29-8-6-17(7-9-29)28(2)3/h4-5,10-12,17,21,27H,6-9,13H2,1-3H3,(H,26,30). The van der Waals surface area contributed by atoms with Gasteiger partial charge in [0.05, 0.1) is 0 Å². The number of nitrogens with one attached hydrogen (secondary N) is 2. The molecule has 2 heterocycles. The van der Waals surface area contributed by atoms with E-state index < -0.39 is 6.04 Å². The Hall–Kier alpha value is -2.31. The number of hydrogen-bond donors (Lipinski definition) is 2. The number of rotatable bonds is 4. The highest BCUT2D eigenvalue weighted by Gasteiger charge is 2.30. The molecule has 0 radical (unpaired) electrons. The van der Waals surface area contributed by atoms with E-state index in [4.69, 9.17) is 11.6 Å². The fraction of sp³-hybridized carbons (Fsp3) is 0.435. The topological polar surface area (TPSA) is 47.6 Å². The molecule has 30 heavy (non-hydrogen) atoms.